The molecule has 0 radical (unpaired) electrons. The Kier molecular flexibility index (Phi) is 5.36. The SMILES string of the molecule is CCC(=O)c1ccc(OC(C)CCC(=O)O)cc1. The fourth-order valence-corrected chi connectivity index (χ4v) is 1.54. The second kappa shape index (κ2) is 6.79. The van der Waals surface area contributed by atoms with E-state index >= 15 is 0 Å². The maximum Gasteiger partial charge on any atom is 0.303 e. The number of ketones is 1. The van der Waals surface area contributed by atoms with E-state index in [2.05, 4.69) is 0 Å². The molecule has 1 unspecified atom stereocenters. The molecule has 1 rings (SSSR count). The minimum atomic E-state index is -0.825. The molecule has 0 heterocycles. The summed E-state index contributed by atoms with van der Waals surface area (Å²) in [6, 6.07) is 6.93. The second-order valence-electron chi connectivity index (χ2n) is 4.16. The van der Waals surface area contributed by atoms with Crippen LogP contribution in [-0.2, 0) is 4.79 Å². The molecule has 0 spiro atoms. The van der Waals surface area contributed by atoms with E-state index in [1.165, 1.54) is 0 Å². The first-order valence-electron chi connectivity index (χ1n) is 6.04. The van der Waals surface area contributed by atoms with Gasteiger partial charge in [0.25, 0.3) is 0 Å². The van der Waals surface area contributed by atoms with Crippen LogP contribution in [0.25, 0.3) is 0 Å². The number of carbonyl (C=O) groups excluding carboxylic acids is 1. The van der Waals surface area contributed by atoms with Crippen molar-refractivity contribution in [3.63, 3.8) is 0 Å². The van der Waals surface area contributed by atoms with Gasteiger partial charge in [0.1, 0.15) is 5.75 Å². The van der Waals surface area contributed by atoms with Crippen LogP contribution in [0.15, 0.2) is 24.3 Å². The molecule has 0 amide bonds. The van der Waals surface area contributed by atoms with Gasteiger partial charge < -0.3 is 9.84 Å². The highest BCUT2D eigenvalue weighted by Gasteiger charge is 2.08. The Hall–Kier alpha value is -1.84. The average molecular weight is 250 g/mol. The zero-order valence-electron chi connectivity index (χ0n) is 10.7. The Morgan fingerprint density at radius 1 is 1.28 bits per heavy atom. The highest BCUT2D eigenvalue weighted by molar-refractivity contribution is 5.95. The van der Waals surface area contributed by atoms with Crippen molar-refractivity contribution in [1.82, 2.24) is 0 Å². The number of ether oxygens (including phenoxy) is 1. The van der Waals surface area contributed by atoms with E-state index in [0.29, 0.717) is 24.2 Å². The summed E-state index contributed by atoms with van der Waals surface area (Å²) in [5.41, 5.74) is 0.669. The molecule has 1 aromatic rings. The van der Waals surface area contributed by atoms with E-state index in [1.807, 2.05) is 13.8 Å². The number of aliphatic carboxylic acids is 1. The standard InChI is InChI=1S/C14H18O4/c1-3-13(15)11-5-7-12(8-6-11)18-10(2)4-9-14(16)17/h5-8,10H,3-4,9H2,1-2H3,(H,16,17). The van der Waals surface area contributed by atoms with Gasteiger partial charge in [-0.15, -0.1) is 0 Å². The van der Waals surface area contributed by atoms with Crippen LogP contribution in [0.2, 0.25) is 0 Å². The van der Waals surface area contributed by atoms with Gasteiger partial charge in [-0.05, 0) is 37.6 Å². The molecule has 0 saturated carbocycles. The van der Waals surface area contributed by atoms with Gasteiger partial charge >= 0.3 is 5.97 Å². The van der Waals surface area contributed by atoms with Crippen LogP contribution in [-0.4, -0.2) is 23.0 Å². The van der Waals surface area contributed by atoms with Crippen LogP contribution < -0.4 is 4.74 Å². The van der Waals surface area contributed by atoms with Gasteiger partial charge in [-0.2, -0.15) is 0 Å². The number of carbonyl (C=O) groups is 2. The summed E-state index contributed by atoms with van der Waals surface area (Å²) in [6.45, 7) is 3.65. The van der Waals surface area contributed by atoms with Crippen LogP contribution in [0.1, 0.15) is 43.5 Å². The van der Waals surface area contributed by atoms with Crippen LogP contribution in [0, 0.1) is 0 Å². The van der Waals surface area contributed by atoms with Crippen LogP contribution in [0.5, 0.6) is 5.75 Å². The van der Waals surface area contributed by atoms with E-state index in [9.17, 15) is 9.59 Å². The monoisotopic (exact) mass is 250 g/mol. The average Bonchev–Trinajstić information content (AvgIpc) is 2.36. The molecule has 18 heavy (non-hydrogen) atoms. The van der Waals surface area contributed by atoms with Gasteiger partial charge in [0, 0.05) is 18.4 Å². The third-order valence-corrected chi connectivity index (χ3v) is 2.60. The summed E-state index contributed by atoms with van der Waals surface area (Å²) in [7, 11) is 0. The molecule has 0 fully saturated rings. The Bertz CT molecular complexity index is 408. The summed E-state index contributed by atoms with van der Waals surface area (Å²) >= 11 is 0. The summed E-state index contributed by atoms with van der Waals surface area (Å²) in [4.78, 5) is 21.8. The Morgan fingerprint density at radius 2 is 1.89 bits per heavy atom. The lowest BCUT2D eigenvalue weighted by Gasteiger charge is -2.13. The smallest absolute Gasteiger partial charge is 0.303 e. The first-order chi connectivity index (χ1) is 8.52. The van der Waals surface area contributed by atoms with Crippen LogP contribution in [0.3, 0.4) is 0 Å². The zero-order chi connectivity index (χ0) is 13.5. The normalized spacial score (nSPS) is 11.9. The maximum atomic E-state index is 11.4. The van der Waals surface area contributed by atoms with E-state index in [1.54, 1.807) is 24.3 Å². The third kappa shape index (κ3) is 4.57. The molecule has 1 atom stereocenters. The number of carboxylic acid groups (broad SMARTS) is 1. The largest absolute Gasteiger partial charge is 0.491 e. The summed E-state index contributed by atoms with van der Waals surface area (Å²) in [5.74, 6) is -0.0737. The molecule has 1 aromatic carbocycles. The number of benzene rings is 1. The molecule has 1 N–H and O–H groups in total. The minimum absolute atomic E-state index is 0.0908. The molecule has 0 aromatic heterocycles. The van der Waals surface area contributed by atoms with Gasteiger partial charge in [-0.3, -0.25) is 9.59 Å². The highest BCUT2D eigenvalue weighted by Crippen LogP contribution is 2.16. The van der Waals surface area contributed by atoms with Crippen molar-refractivity contribution < 1.29 is 19.4 Å². The first-order valence-corrected chi connectivity index (χ1v) is 6.04. The number of carboxylic acids is 1. The molecule has 4 heteroatoms. The van der Waals surface area contributed by atoms with Crippen molar-refractivity contribution in [2.24, 2.45) is 0 Å². The summed E-state index contributed by atoms with van der Waals surface area (Å²) in [6.07, 6.45) is 0.877. The molecule has 4 nitrogen and oxygen atoms in total. The number of Topliss-reactive ketones (excluding diaryl/α,β-unsaturated/α-hetero) is 1. The number of rotatable bonds is 7. The lowest BCUT2D eigenvalue weighted by Crippen LogP contribution is -2.13. The summed E-state index contributed by atoms with van der Waals surface area (Å²) < 4.78 is 5.56. The fraction of sp³-hybridized carbons (Fsp3) is 0.429. The predicted octanol–water partition coefficient (Wildman–Crippen LogP) is 2.91. The lowest BCUT2D eigenvalue weighted by atomic mass is 10.1. The van der Waals surface area contributed by atoms with Gasteiger partial charge in [0.2, 0.25) is 0 Å². The quantitative estimate of drug-likeness (QED) is 0.756. The van der Waals surface area contributed by atoms with Crippen LogP contribution in [0.4, 0.5) is 0 Å². The Balaban J connectivity index is 2.53. The van der Waals surface area contributed by atoms with Gasteiger partial charge in [0.05, 0.1) is 6.10 Å². The molecule has 0 aliphatic carbocycles. The lowest BCUT2D eigenvalue weighted by molar-refractivity contribution is -0.137. The van der Waals surface area contributed by atoms with E-state index < -0.39 is 5.97 Å². The molecular formula is C14H18O4. The third-order valence-electron chi connectivity index (χ3n) is 2.60. The molecular weight excluding hydrogens is 232 g/mol. The van der Waals surface area contributed by atoms with Crippen molar-refractivity contribution in [2.45, 2.75) is 39.2 Å². The van der Waals surface area contributed by atoms with Crippen molar-refractivity contribution in [1.29, 1.82) is 0 Å². The van der Waals surface area contributed by atoms with Crippen LogP contribution >= 0.6 is 0 Å². The van der Waals surface area contributed by atoms with E-state index in [4.69, 9.17) is 9.84 Å². The fourth-order valence-electron chi connectivity index (χ4n) is 1.54. The van der Waals surface area contributed by atoms with Crippen molar-refractivity contribution in [2.75, 3.05) is 0 Å². The second-order valence-corrected chi connectivity index (χ2v) is 4.16. The molecule has 0 aliphatic rings. The van der Waals surface area contributed by atoms with E-state index in [-0.39, 0.29) is 18.3 Å². The van der Waals surface area contributed by atoms with Crippen molar-refractivity contribution in [3.05, 3.63) is 29.8 Å². The summed E-state index contributed by atoms with van der Waals surface area (Å²) in [5, 5.41) is 8.56. The van der Waals surface area contributed by atoms with Crippen molar-refractivity contribution in [3.8, 4) is 5.75 Å². The van der Waals surface area contributed by atoms with Gasteiger partial charge in [-0.25, -0.2) is 0 Å². The number of hydrogen-bond donors (Lipinski definition) is 1. The molecule has 0 saturated heterocycles. The molecule has 0 aliphatic heterocycles. The molecule has 0 bridgehead atoms. The first kappa shape index (κ1) is 14.2. The Labute approximate surface area is 107 Å². The van der Waals surface area contributed by atoms with Gasteiger partial charge in [0.15, 0.2) is 5.78 Å². The van der Waals surface area contributed by atoms with Gasteiger partial charge in [-0.1, -0.05) is 6.92 Å². The zero-order valence-corrected chi connectivity index (χ0v) is 10.7. The number of hydrogen-bond acceptors (Lipinski definition) is 3. The highest BCUT2D eigenvalue weighted by atomic mass is 16.5. The maximum absolute atomic E-state index is 11.4. The Morgan fingerprint density at radius 3 is 2.39 bits per heavy atom. The minimum Gasteiger partial charge on any atom is -0.491 e. The predicted molar refractivity (Wildman–Crippen MR) is 68.0 cm³/mol. The van der Waals surface area contributed by atoms with Crippen molar-refractivity contribution >= 4 is 11.8 Å². The topological polar surface area (TPSA) is 63.6 Å². The molecule has 98 valence electrons. The van der Waals surface area contributed by atoms with E-state index in [0.717, 1.165) is 0 Å².